The molecule has 0 spiro atoms. The molecule has 1 saturated carbocycles. The molecule has 0 heterocycles. The molecule has 1 fully saturated rings. The van der Waals surface area contributed by atoms with E-state index in [9.17, 15) is 14.7 Å². The molecule has 1 amide bonds. The number of ketones is 1. The predicted molar refractivity (Wildman–Crippen MR) is 76.7 cm³/mol. The van der Waals surface area contributed by atoms with E-state index in [-0.39, 0.29) is 23.7 Å². The van der Waals surface area contributed by atoms with Gasteiger partial charge in [-0.1, -0.05) is 25.0 Å². The molecule has 0 aromatic heterocycles. The number of nitrogens with one attached hydrogen (secondary N) is 1. The first-order valence-electron chi connectivity index (χ1n) is 7.15. The monoisotopic (exact) mass is 275 g/mol. The van der Waals surface area contributed by atoms with E-state index in [2.05, 4.69) is 5.32 Å². The molecule has 108 valence electrons. The Bertz CT molecular complexity index is 481. The predicted octanol–water partition coefficient (Wildman–Crippen LogP) is 2.17. The van der Waals surface area contributed by atoms with Crippen molar-refractivity contribution in [2.24, 2.45) is 5.92 Å². The molecule has 1 aromatic rings. The Kier molecular flexibility index (Phi) is 4.90. The molecule has 4 nitrogen and oxygen atoms in total. The second-order valence-corrected chi connectivity index (χ2v) is 5.46. The molecule has 0 bridgehead atoms. The van der Waals surface area contributed by atoms with Crippen LogP contribution in [0.1, 0.15) is 53.3 Å². The lowest BCUT2D eigenvalue weighted by Crippen LogP contribution is -2.36. The molecule has 0 unspecified atom stereocenters. The lowest BCUT2D eigenvalue weighted by molar-refractivity contribution is 0.0662. The molecule has 20 heavy (non-hydrogen) atoms. The molecule has 2 atom stereocenters. The third-order valence-corrected chi connectivity index (χ3v) is 3.95. The minimum Gasteiger partial charge on any atom is -0.393 e. The van der Waals surface area contributed by atoms with E-state index >= 15 is 0 Å². The summed E-state index contributed by atoms with van der Waals surface area (Å²) in [6.07, 6.45) is 3.67. The molecule has 1 aliphatic rings. The average molecular weight is 275 g/mol. The lowest BCUT2D eigenvalue weighted by Gasteiger charge is -2.27. The van der Waals surface area contributed by atoms with Gasteiger partial charge in [0, 0.05) is 23.6 Å². The van der Waals surface area contributed by atoms with Gasteiger partial charge in [-0.3, -0.25) is 9.59 Å². The number of hydrogen-bond acceptors (Lipinski definition) is 3. The van der Waals surface area contributed by atoms with Crippen molar-refractivity contribution < 1.29 is 14.7 Å². The standard InChI is InChI=1S/C16H21NO3/c1-11(18)12-6-8-13(9-7-12)16(20)17-10-14-4-2-3-5-15(14)19/h6-9,14-15,19H,2-5,10H2,1H3,(H,17,20)/t14-,15+/m0/s1. The van der Waals surface area contributed by atoms with Gasteiger partial charge >= 0.3 is 0 Å². The second kappa shape index (κ2) is 6.66. The van der Waals surface area contributed by atoms with E-state index in [0.717, 1.165) is 25.7 Å². The quantitative estimate of drug-likeness (QED) is 0.828. The minimum atomic E-state index is -0.302. The summed E-state index contributed by atoms with van der Waals surface area (Å²) in [4.78, 5) is 23.2. The van der Waals surface area contributed by atoms with Crippen molar-refractivity contribution in [1.29, 1.82) is 0 Å². The highest BCUT2D eigenvalue weighted by Crippen LogP contribution is 2.23. The summed E-state index contributed by atoms with van der Waals surface area (Å²) in [6, 6.07) is 6.63. The number of aliphatic hydroxyl groups excluding tert-OH is 1. The van der Waals surface area contributed by atoms with E-state index in [1.54, 1.807) is 24.3 Å². The van der Waals surface area contributed by atoms with Crippen molar-refractivity contribution in [3.63, 3.8) is 0 Å². The van der Waals surface area contributed by atoms with Crippen LogP contribution in [-0.2, 0) is 0 Å². The van der Waals surface area contributed by atoms with Crippen LogP contribution in [0, 0.1) is 5.92 Å². The normalized spacial score (nSPS) is 22.3. The number of carbonyl (C=O) groups is 2. The topological polar surface area (TPSA) is 66.4 Å². The number of benzene rings is 1. The van der Waals surface area contributed by atoms with E-state index in [4.69, 9.17) is 0 Å². The highest BCUT2D eigenvalue weighted by molar-refractivity contribution is 5.97. The number of amides is 1. The summed E-state index contributed by atoms with van der Waals surface area (Å²) < 4.78 is 0. The van der Waals surface area contributed by atoms with Gasteiger partial charge in [-0.25, -0.2) is 0 Å². The Hall–Kier alpha value is -1.68. The molecular weight excluding hydrogens is 254 g/mol. The van der Waals surface area contributed by atoms with Crippen LogP contribution >= 0.6 is 0 Å². The van der Waals surface area contributed by atoms with Gasteiger partial charge in [0.2, 0.25) is 0 Å². The molecule has 4 heteroatoms. The molecule has 1 aromatic carbocycles. The summed E-state index contributed by atoms with van der Waals surface area (Å²) in [5.74, 6) is -0.00986. The highest BCUT2D eigenvalue weighted by atomic mass is 16.3. The van der Waals surface area contributed by atoms with Crippen LogP contribution in [-0.4, -0.2) is 29.4 Å². The number of hydrogen-bond donors (Lipinski definition) is 2. The van der Waals surface area contributed by atoms with Crippen molar-refractivity contribution in [3.8, 4) is 0 Å². The first-order chi connectivity index (χ1) is 9.58. The summed E-state index contributed by atoms with van der Waals surface area (Å²) in [5.41, 5.74) is 1.14. The van der Waals surface area contributed by atoms with Gasteiger partial charge in [0.15, 0.2) is 5.78 Å². The Balaban J connectivity index is 1.89. The van der Waals surface area contributed by atoms with E-state index in [0.29, 0.717) is 17.7 Å². The maximum Gasteiger partial charge on any atom is 0.251 e. The molecule has 2 rings (SSSR count). The van der Waals surface area contributed by atoms with Gasteiger partial charge in [-0.2, -0.15) is 0 Å². The fraction of sp³-hybridized carbons (Fsp3) is 0.500. The van der Waals surface area contributed by atoms with E-state index in [1.165, 1.54) is 6.92 Å². The third kappa shape index (κ3) is 3.67. The third-order valence-electron chi connectivity index (χ3n) is 3.95. The van der Waals surface area contributed by atoms with Crippen LogP contribution in [0.2, 0.25) is 0 Å². The van der Waals surface area contributed by atoms with Crippen molar-refractivity contribution >= 4 is 11.7 Å². The Labute approximate surface area is 119 Å². The maximum absolute atomic E-state index is 12.0. The number of Topliss-reactive ketones (excluding diaryl/α,β-unsaturated/α-hetero) is 1. The van der Waals surface area contributed by atoms with Crippen molar-refractivity contribution in [2.75, 3.05) is 6.54 Å². The molecule has 0 radical (unpaired) electrons. The first kappa shape index (κ1) is 14.7. The Morgan fingerprint density at radius 2 is 1.75 bits per heavy atom. The second-order valence-electron chi connectivity index (χ2n) is 5.46. The average Bonchev–Trinajstić information content (AvgIpc) is 2.46. The fourth-order valence-electron chi connectivity index (χ4n) is 2.61. The zero-order valence-electron chi connectivity index (χ0n) is 11.8. The van der Waals surface area contributed by atoms with Gasteiger partial charge in [0.1, 0.15) is 0 Å². The van der Waals surface area contributed by atoms with Crippen LogP contribution < -0.4 is 5.32 Å². The molecule has 0 saturated heterocycles. The molecule has 0 aliphatic heterocycles. The maximum atomic E-state index is 12.0. The molecule has 1 aliphatic carbocycles. The summed E-state index contributed by atoms with van der Waals surface area (Å²) >= 11 is 0. The minimum absolute atomic E-state index is 0.0118. The SMILES string of the molecule is CC(=O)c1ccc(C(=O)NC[C@@H]2CCCC[C@H]2O)cc1. The van der Waals surface area contributed by atoms with Crippen LogP contribution in [0.15, 0.2) is 24.3 Å². The van der Waals surface area contributed by atoms with Gasteiger partial charge < -0.3 is 10.4 Å². The van der Waals surface area contributed by atoms with Crippen LogP contribution in [0.25, 0.3) is 0 Å². The van der Waals surface area contributed by atoms with E-state index in [1.807, 2.05) is 0 Å². The summed E-state index contributed by atoms with van der Waals surface area (Å²) in [7, 11) is 0. The van der Waals surface area contributed by atoms with Gasteiger partial charge in [0.05, 0.1) is 6.10 Å². The Morgan fingerprint density at radius 3 is 2.35 bits per heavy atom. The van der Waals surface area contributed by atoms with E-state index < -0.39 is 0 Å². The van der Waals surface area contributed by atoms with Crippen LogP contribution in [0.3, 0.4) is 0 Å². The van der Waals surface area contributed by atoms with Crippen LogP contribution in [0.4, 0.5) is 0 Å². The molecular formula is C16H21NO3. The van der Waals surface area contributed by atoms with Gasteiger partial charge in [-0.15, -0.1) is 0 Å². The zero-order chi connectivity index (χ0) is 14.5. The number of carbonyl (C=O) groups excluding carboxylic acids is 2. The zero-order valence-corrected chi connectivity index (χ0v) is 11.8. The lowest BCUT2D eigenvalue weighted by atomic mass is 9.86. The number of rotatable bonds is 4. The first-order valence-corrected chi connectivity index (χ1v) is 7.15. The summed E-state index contributed by atoms with van der Waals surface area (Å²) in [6.45, 7) is 2.01. The molecule has 2 N–H and O–H groups in total. The van der Waals surface area contributed by atoms with Crippen molar-refractivity contribution in [2.45, 2.75) is 38.7 Å². The number of aliphatic hydroxyl groups is 1. The fourth-order valence-corrected chi connectivity index (χ4v) is 2.61. The van der Waals surface area contributed by atoms with Gasteiger partial charge in [0.25, 0.3) is 5.91 Å². The smallest absolute Gasteiger partial charge is 0.251 e. The van der Waals surface area contributed by atoms with Crippen LogP contribution in [0.5, 0.6) is 0 Å². The Morgan fingerprint density at radius 1 is 1.15 bits per heavy atom. The highest BCUT2D eigenvalue weighted by Gasteiger charge is 2.23. The summed E-state index contributed by atoms with van der Waals surface area (Å²) in [5, 5.41) is 12.7. The van der Waals surface area contributed by atoms with Crippen molar-refractivity contribution in [1.82, 2.24) is 5.32 Å². The van der Waals surface area contributed by atoms with Gasteiger partial charge in [-0.05, 0) is 31.9 Å². The van der Waals surface area contributed by atoms with Crippen molar-refractivity contribution in [3.05, 3.63) is 35.4 Å². The largest absolute Gasteiger partial charge is 0.393 e.